The molecule has 0 unspecified atom stereocenters. The van der Waals surface area contributed by atoms with Crippen LogP contribution in [0.4, 0.5) is 4.39 Å². The van der Waals surface area contributed by atoms with Crippen molar-refractivity contribution >= 4 is 0 Å². The average Bonchev–Trinajstić information content (AvgIpc) is 2.83. The molecule has 0 heterocycles. The van der Waals surface area contributed by atoms with Gasteiger partial charge in [-0.05, 0) is 72.7 Å². The van der Waals surface area contributed by atoms with Gasteiger partial charge in [0.25, 0.3) is 0 Å². The SMILES string of the molecule is Cc1cc(C#N)cc(C)c1-c1ccc(F)c2c1CC[C@H]2N. The lowest BCUT2D eigenvalue weighted by atomic mass is 9.89. The van der Waals surface area contributed by atoms with Gasteiger partial charge in [0.1, 0.15) is 5.82 Å². The Balaban J connectivity index is 2.27. The van der Waals surface area contributed by atoms with Crippen LogP contribution < -0.4 is 5.73 Å². The minimum Gasteiger partial charge on any atom is -0.324 e. The number of aryl methyl sites for hydroxylation is 2. The summed E-state index contributed by atoms with van der Waals surface area (Å²) in [4.78, 5) is 0. The zero-order valence-corrected chi connectivity index (χ0v) is 12.2. The first-order valence-corrected chi connectivity index (χ1v) is 7.11. The van der Waals surface area contributed by atoms with Gasteiger partial charge in [0.05, 0.1) is 11.6 Å². The smallest absolute Gasteiger partial charge is 0.128 e. The van der Waals surface area contributed by atoms with E-state index < -0.39 is 0 Å². The van der Waals surface area contributed by atoms with E-state index in [1.54, 1.807) is 0 Å². The van der Waals surface area contributed by atoms with Crippen LogP contribution in [0.5, 0.6) is 0 Å². The molecule has 2 aromatic carbocycles. The minimum absolute atomic E-state index is 0.206. The van der Waals surface area contributed by atoms with Crippen LogP contribution >= 0.6 is 0 Å². The summed E-state index contributed by atoms with van der Waals surface area (Å²) in [5.41, 5.74) is 12.6. The first-order chi connectivity index (χ1) is 10.0. The Morgan fingerprint density at radius 3 is 2.52 bits per heavy atom. The molecule has 1 aliphatic rings. The highest BCUT2D eigenvalue weighted by Crippen LogP contribution is 2.40. The summed E-state index contributed by atoms with van der Waals surface area (Å²) < 4.78 is 14.0. The van der Waals surface area contributed by atoms with Crippen molar-refractivity contribution in [2.24, 2.45) is 5.73 Å². The third kappa shape index (κ3) is 2.12. The van der Waals surface area contributed by atoms with E-state index >= 15 is 0 Å². The number of hydrogen-bond acceptors (Lipinski definition) is 2. The lowest BCUT2D eigenvalue weighted by molar-refractivity contribution is 0.589. The highest BCUT2D eigenvalue weighted by atomic mass is 19.1. The van der Waals surface area contributed by atoms with Crippen LogP contribution in [0, 0.1) is 31.0 Å². The molecule has 0 saturated carbocycles. The fourth-order valence-corrected chi connectivity index (χ4v) is 3.44. The van der Waals surface area contributed by atoms with Crippen LogP contribution in [0.15, 0.2) is 24.3 Å². The number of hydrogen-bond donors (Lipinski definition) is 1. The van der Waals surface area contributed by atoms with Crippen LogP contribution in [0.25, 0.3) is 11.1 Å². The maximum atomic E-state index is 14.0. The molecule has 0 fully saturated rings. The van der Waals surface area contributed by atoms with Gasteiger partial charge >= 0.3 is 0 Å². The van der Waals surface area contributed by atoms with Crippen molar-refractivity contribution in [3.05, 3.63) is 57.9 Å². The number of fused-ring (bicyclic) bond motifs is 1. The van der Waals surface area contributed by atoms with E-state index in [1.807, 2.05) is 32.0 Å². The molecule has 0 spiro atoms. The molecule has 3 heteroatoms. The van der Waals surface area contributed by atoms with Gasteiger partial charge in [0, 0.05) is 11.6 Å². The zero-order valence-electron chi connectivity index (χ0n) is 12.2. The number of nitrogens with two attached hydrogens (primary N) is 1. The first kappa shape index (κ1) is 13.8. The molecule has 1 aliphatic carbocycles. The Morgan fingerprint density at radius 1 is 1.24 bits per heavy atom. The van der Waals surface area contributed by atoms with E-state index in [9.17, 15) is 4.39 Å². The van der Waals surface area contributed by atoms with E-state index in [1.165, 1.54) is 6.07 Å². The second-order valence-corrected chi connectivity index (χ2v) is 5.73. The highest BCUT2D eigenvalue weighted by molar-refractivity contribution is 5.76. The molecule has 0 aliphatic heterocycles. The lowest BCUT2D eigenvalue weighted by Crippen LogP contribution is -2.07. The van der Waals surface area contributed by atoms with Crippen LogP contribution in [0.1, 0.15) is 40.3 Å². The van der Waals surface area contributed by atoms with Gasteiger partial charge in [-0.1, -0.05) is 6.07 Å². The predicted molar refractivity (Wildman–Crippen MR) is 81.3 cm³/mol. The summed E-state index contributed by atoms with van der Waals surface area (Å²) in [6.07, 6.45) is 1.60. The molecule has 0 saturated heterocycles. The molecule has 2 nitrogen and oxygen atoms in total. The topological polar surface area (TPSA) is 49.8 Å². The molecule has 0 bridgehead atoms. The zero-order chi connectivity index (χ0) is 15.1. The van der Waals surface area contributed by atoms with Gasteiger partial charge in [-0.15, -0.1) is 0 Å². The Bertz CT molecular complexity index is 749. The first-order valence-electron chi connectivity index (χ1n) is 7.11. The second-order valence-electron chi connectivity index (χ2n) is 5.73. The van der Waals surface area contributed by atoms with Gasteiger partial charge < -0.3 is 5.73 Å². The summed E-state index contributed by atoms with van der Waals surface area (Å²) in [5.74, 6) is -0.206. The van der Waals surface area contributed by atoms with E-state index in [0.717, 1.165) is 40.7 Å². The van der Waals surface area contributed by atoms with Gasteiger partial charge in [0.15, 0.2) is 0 Å². The molecule has 3 rings (SSSR count). The van der Waals surface area contributed by atoms with Gasteiger partial charge in [0.2, 0.25) is 0 Å². The third-order valence-electron chi connectivity index (χ3n) is 4.31. The summed E-state index contributed by atoms with van der Waals surface area (Å²) in [5, 5.41) is 9.06. The third-order valence-corrected chi connectivity index (χ3v) is 4.31. The van der Waals surface area contributed by atoms with Crippen LogP contribution in [0.2, 0.25) is 0 Å². The Hall–Kier alpha value is -2.18. The second kappa shape index (κ2) is 4.98. The van der Waals surface area contributed by atoms with E-state index in [4.69, 9.17) is 11.0 Å². The van der Waals surface area contributed by atoms with E-state index in [2.05, 4.69) is 6.07 Å². The Kier molecular flexibility index (Phi) is 3.27. The summed E-state index contributed by atoms with van der Waals surface area (Å²) in [6.45, 7) is 3.99. The number of rotatable bonds is 1. The monoisotopic (exact) mass is 280 g/mol. The van der Waals surface area contributed by atoms with Crippen molar-refractivity contribution in [3.63, 3.8) is 0 Å². The quantitative estimate of drug-likeness (QED) is 0.860. The van der Waals surface area contributed by atoms with Gasteiger partial charge in [-0.2, -0.15) is 5.26 Å². The summed E-state index contributed by atoms with van der Waals surface area (Å²) in [7, 11) is 0. The molecular formula is C18H17FN2. The highest BCUT2D eigenvalue weighted by Gasteiger charge is 2.26. The number of nitriles is 1. The normalized spacial score (nSPS) is 16.6. The van der Waals surface area contributed by atoms with Crippen molar-refractivity contribution < 1.29 is 4.39 Å². The number of nitrogens with zero attached hydrogens (tertiary/aromatic N) is 1. The number of halogens is 1. The average molecular weight is 280 g/mol. The van der Waals surface area contributed by atoms with Crippen molar-refractivity contribution in [3.8, 4) is 17.2 Å². The van der Waals surface area contributed by atoms with Crippen LogP contribution in [-0.2, 0) is 6.42 Å². The van der Waals surface area contributed by atoms with Crippen molar-refractivity contribution in [1.82, 2.24) is 0 Å². The molecule has 21 heavy (non-hydrogen) atoms. The number of benzene rings is 2. The van der Waals surface area contributed by atoms with Gasteiger partial charge in [-0.25, -0.2) is 4.39 Å². The van der Waals surface area contributed by atoms with Crippen LogP contribution in [0.3, 0.4) is 0 Å². The maximum Gasteiger partial charge on any atom is 0.128 e. The predicted octanol–water partition coefficient (Wildman–Crippen LogP) is 3.93. The van der Waals surface area contributed by atoms with Crippen molar-refractivity contribution in [1.29, 1.82) is 5.26 Å². The molecule has 2 N–H and O–H groups in total. The molecule has 0 aromatic heterocycles. The molecule has 0 amide bonds. The molecule has 106 valence electrons. The molecule has 2 aromatic rings. The Morgan fingerprint density at radius 2 is 1.90 bits per heavy atom. The molecule has 1 atom stereocenters. The van der Waals surface area contributed by atoms with Gasteiger partial charge in [-0.3, -0.25) is 0 Å². The molecular weight excluding hydrogens is 263 g/mol. The lowest BCUT2D eigenvalue weighted by Gasteiger charge is -2.16. The summed E-state index contributed by atoms with van der Waals surface area (Å²) >= 11 is 0. The van der Waals surface area contributed by atoms with Crippen molar-refractivity contribution in [2.75, 3.05) is 0 Å². The fraction of sp³-hybridized carbons (Fsp3) is 0.278. The van der Waals surface area contributed by atoms with Crippen molar-refractivity contribution in [2.45, 2.75) is 32.7 Å². The largest absolute Gasteiger partial charge is 0.324 e. The standard InChI is InChI=1S/C18H17FN2/c1-10-7-12(9-20)8-11(2)17(10)13-3-5-15(19)18-14(13)4-6-16(18)21/h3,5,7-8,16H,4,6,21H2,1-2H3/t16-/m1/s1. The van der Waals surface area contributed by atoms with E-state index in [-0.39, 0.29) is 11.9 Å². The fourth-order valence-electron chi connectivity index (χ4n) is 3.44. The van der Waals surface area contributed by atoms with E-state index in [0.29, 0.717) is 11.1 Å². The van der Waals surface area contributed by atoms with Crippen LogP contribution in [-0.4, -0.2) is 0 Å². The summed E-state index contributed by atoms with van der Waals surface area (Å²) in [6, 6.07) is 9.08. The molecule has 0 radical (unpaired) electrons. The minimum atomic E-state index is -0.209. The maximum absolute atomic E-state index is 14.0. The Labute approximate surface area is 124 Å².